The van der Waals surface area contributed by atoms with Crippen LogP contribution in [0.1, 0.15) is 19.3 Å². The van der Waals surface area contributed by atoms with Gasteiger partial charge in [0.15, 0.2) is 8.32 Å². The van der Waals surface area contributed by atoms with Gasteiger partial charge in [0.25, 0.3) is 0 Å². The maximum atomic E-state index is 6.42. The zero-order valence-electron chi connectivity index (χ0n) is 13.4. The van der Waals surface area contributed by atoms with Crippen molar-refractivity contribution in [1.82, 2.24) is 0 Å². The fourth-order valence-corrected chi connectivity index (χ4v) is 3.95. The fraction of sp³-hybridized carbons (Fsp3) is 0.733. The van der Waals surface area contributed by atoms with Crippen LogP contribution in [0.25, 0.3) is 0 Å². The van der Waals surface area contributed by atoms with Crippen molar-refractivity contribution in [3.63, 3.8) is 0 Å². The third kappa shape index (κ3) is 9.51. The highest BCUT2D eigenvalue weighted by atomic mass is 35.5. The Morgan fingerprint density at radius 1 is 1.21 bits per heavy atom. The first-order valence-electron chi connectivity index (χ1n) is 6.95. The first kappa shape index (κ1) is 19.0. The summed E-state index contributed by atoms with van der Waals surface area (Å²) < 4.78 is 6.42. The van der Waals surface area contributed by atoms with Crippen molar-refractivity contribution >= 4 is 28.0 Å². The molecule has 0 saturated carbocycles. The van der Waals surface area contributed by atoms with E-state index in [4.69, 9.17) is 16.0 Å². The summed E-state index contributed by atoms with van der Waals surface area (Å²) in [5.74, 6) is 4.12. The summed E-state index contributed by atoms with van der Waals surface area (Å²) >= 11 is 5.86. The molecule has 1 unspecified atom stereocenters. The second-order valence-corrected chi connectivity index (χ2v) is 16.6. The van der Waals surface area contributed by atoms with Crippen LogP contribution in [0.4, 0.5) is 0 Å². The Labute approximate surface area is 126 Å². The molecule has 0 aromatic carbocycles. The zero-order chi connectivity index (χ0) is 15.2. The van der Waals surface area contributed by atoms with Gasteiger partial charge >= 0.3 is 0 Å². The van der Waals surface area contributed by atoms with Gasteiger partial charge in [-0.15, -0.1) is 23.7 Å². The van der Waals surface area contributed by atoms with E-state index in [0.29, 0.717) is 5.88 Å². The Balaban J connectivity index is 5.34. The standard InChI is InChI=1S/C15H29ClOSi2/c1-8-10-15(11-9-13-16,17-19(5,6)7)12-14-18(2,3)4/h8H,1,9-11,13H2,2-7H3. The second kappa shape index (κ2) is 7.68. The van der Waals surface area contributed by atoms with Crippen molar-refractivity contribution < 1.29 is 4.43 Å². The molecule has 0 heterocycles. The number of alkyl halides is 1. The first-order chi connectivity index (χ1) is 8.54. The molecule has 0 aliphatic heterocycles. The number of hydrogen-bond acceptors (Lipinski definition) is 1. The molecule has 0 aliphatic carbocycles. The van der Waals surface area contributed by atoms with Crippen molar-refractivity contribution in [2.75, 3.05) is 5.88 Å². The lowest BCUT2D eigenvalue weighted by Gasteiger charge is -2.35. The van der Waals surface area contributed by atoms with Crippen LogP contribution in [-0.2, 0) is 4.43 Å². The van der Waals surface area contributed by atoms with Crippen LogP contribution in [0.5, 0.6) is 0 Å². The van der Waals surface area contributed by atoms with Crippen molar-refractivity contribution in [3.8, 4) is 11.5 Å². The Morgan fingerprint density at radius 2 is 1.79 bits per heavy atom. The summed E-state index contributed by atoms with van der Waals surface area (Å²) in [7, 11) is -3.06. The van der Waals surface area contributed by atoms with Crippen molar-refractivity contribution in [1.29, 1.82) is 0 Å². The van der Waals surface area contributed by atoms with E-state index in [1.54, 1.807) is 0 Å². The molecule has 0 rings (SSSR count). The summed E-state index contributed by atoms with van der Waals surface area (Å²) in [4.78, 5) is 0. The van der Waals surface area contributed by atoms with Crippen LogP contribution in [-0.4, -0.2) is 27.9 Å². The molecule has 19 heavy (non-hydrogen) atoms. The Bertz CT molecular complexity index is 344. The minimum atomic E-state index is -1.65. The number of hydrogen-bond donors (Lipinski definition) is 0. The summed E-state index contributed by atoms with van der Waals surface area (Å²) in [6, 6.07) is 0. The maximum Gasteiger partial charge on any atom is 0.185 e. The average molecular weight is 317 g/mol. The third-order valence-electron chi connectivity index (χ3n) is 2.36. The van der Waals surface area contributed by atoms with Gasteiger partial charge < -0.3 is 4.43 Å². The van der Waals surface area contributed by atoms with Gasteiger partial charge in [0.1, 0.15) is 13.7 Å². The highest BCUT2D eigenvalue weighted by Gasteiger charge is 2.33. The lowest BCUT2D eigenvalue weighted by atomic mass is 9.95. The molecule has 0 fully saturated rings. The van der Waals surface area contributed by atoms with Gasteiger partial charge in [-0.2, -0.15) is 0 Å². The Morgan fingerprint density at radius 3 is 2.16 bits per heavy atom. The van der Waals surface area contributed by atoms with E-state index < -0.39 is 16.4 Å². The molecule has 0 amide bonds. The first-order valence-corrected chi connectivity index (χ1v) is 14.4. The summed E-state index contributed by atoms with van der Waals surface area (Å²) in [5.41, 5.74) is 3.10. The smallest absolute Gasteiger partial charge is 0.185 e. The molecule has 4 heteroatoms. The van der Waals surface area contributed by atoms with Crippen LogP contribution in [0.15, 0.2) is 12.7 Å². The predicted molar refractivity (Wildman–Crippen MR) is 93.1 cm³/mol. The molecule has 0 aromatic rings. The minimum Gasteiger partial charge on any atom is -0.401 e. The monoisotopic (exact) mass is 316 g/mol. The molecule has 0 spiro atoms. The van der Waals surface area contributed by atoms with E-state index in [1.807, 2.05) is 6.08 Å². The molecule has 1 atom stereocenters. The van der Waals surface area contributed by atoms with E-state index in [1.165, 1.54) is 0 Å². The van der Waals surface area contributed by atoms with E-state index >= 15 is 0 Å². The average Bonchev–Trinajstić information content (AvgIpc) is 2.21. The predicted octanol–water partition coefficient (Wildman–Crippen LogP) is 5.05. The maximum absolute atomic E-state index is 6.42. The molecular weight excluding hydrogens is 288 g/mol. The largest absolute Gasteiger partial charge is 0.401 e. The highest BCUT2D eigenvalue weighted by molar-refractivity contribution is 6.83. The molecule has 0 N–H and O–H groups in total. The molecule has 0 bridgehead atoms. The van der Waals surface area contributed by atoms with Gasteiger partial charge in [-0.1, -0.05) is 31.6 Å². The highest BCUT2D eigenvalue weighted by Crippen LogP contribution is 2.27. The van der Waals surface area contributed by atoms with Gasteiger partial charge in [0, 0.05) is 12.3 Å². The topological polar surface area (TPSA) is 9.23 Å². The summed E-state index contributed by atoms with van der Waals surface area (Å²) in [6.45, 7) is 17.3. The number of rotatable bonds is 7. The van der Waals surface area contributed by atoms with Crippen LogP contribution in [0, 0.1) is 11.5 Å². The van der Waals surface area contributed by atoms with E-state index in [-0.39, 0.29) is 5.60 Å². The van der Waals surface area contributed by atoms with Gasteiger partial charge in [-0.3, -0.25) is 0 Å². The van der Waals surface area contributed by atoms with E-state index in [9.17, 15) is 0 Å². The molecular formula is C15H29ClOSi2. The molecule has 0 aliphatic rings. The van der Waals surface area contributed by atoms with Crippen LogP contribution in [0.2, 0.25) is 39.3 Å². The molecule has 110 valence electrons. The SMILES string of the molecule is C=CCC(C#C[Si](C)(C)C)(CCCCl)O[Si](C)(C)C. The molecule has 0 radical (unpaired) electrons. The fourth-order valence-electron chi connectivity index (χ4n) is 1.81. The lowest BCUT2D eigenvalue weighted by Crippen LogP contribution is -2.42. The van der Waals surface area contributed by atoms with Crippen molar-refractivity contribution in [3.05, 3.63) is 12.7 Å². The van der Waals surface area contributed by atoms with Gasteiger partial charge in [0.2, 0.25) is 0 Å². The van der Waals surface area contributed by atoms with Crippen molar-refractivity contribution in [2.45, 2.75) is 64.1 Å². The summed E-state index contributed by atoms with van der Waals surface area (Å²) in [5, 5.41) is 0. The second-order valence-electron chi connectivity index (χ2n) is 6.99. The van der Waals surface area contributed by atoms with Crippen LogP contribution >= 0.6 is 11.6 Å². The van der Waals surface area contributed by atoms with Gasteiger partial charge in [-0.25, -0.2) is 0 Å². The summed E-state index contributed by atoms with van der Waals surface area (Å²) in [6.07, 6.45) is 4.53. The lowest BCUT2D eigenvalue weighted by molar-refractivity contribution is 0.114. The molecule has 0 aromatic heterocycles. The van der Waals surface area contributed by atoms with Crippen molar-refractivity contribution in [2.24, 2.45) is 0 Å². The molecule has 1 nitrogen and oxygen atoms in total. The van der Waals surface area contributed by atoms with Gasteiger partial charge in [0.05, 0.1) is 0 Å². The molecule has 0 saturated heterocycles. The van der Waals surface area contributed by atoms with Gasteiger partial charge in [-0.05, 0) is 32.5 Å². The Hall–Kier alpha value is -0.0162. The minimum absolute atomic E-state index is 0.374. The quantitative estimate of drug-likeness (QED) is 0.276. The van der Waals surface area contributed by atoms with E-state index in [0.717, 1.165) is 19.3 Å². The van der Waals surface area contributed by atoms with E-state index in [2.05, 4.69) is 57.3 Å². The number of halogens is 1. The zero-order valence-corrected chi connectivity index (χ0v) is 16.2. The third-order valence-corrected chi connectivity index (χ3v) is 4.50. The van der Waals surface area contributed by atoms with Crippen LogP contribution < -0.4 is 0 Å². The normalized spacial score (nSPS) is 15.3. The Kier molecular flexibility index (Phi) is 7.68. The van der Waals surface area contributed by atoms with Crippen LogP contribution in [0.3, 0.4) is 0 Å².